The number of benzene rings is 1. The predicted octanol–water partition coefficient (Wildman–Crippen LogP) is 1.25. The van der Waals surface area contributed by atoms with E-state index in [0.717, 1.165) is 4.90 Å². The number of H-pyrrole nitrogens is 1. The molecule has 23 heavy (non-hydrogen) atoms. The van der Waals surface area contributed by atoms with Crippen molar-refractivity contribution >= 4 is 29.3 Å². The minimum Gasteiger partial charge on any atom is -0.493 e. The summed E-state index contributed by atoms with van der Waals surface area (Å²) in [5, 5.41) is 6.38. The van der Waals surface area contributed by atoms with E-state index in [1.54, 1.807) is 18.2 Å². The number of imide groups is 1. The number of methoxy groups -OCH3 is 2. The molecule has 1 saturated heterocycles. The number of thioether (sulfide) groups is 1. The van der Waals surface area contributed by atoms with Gasteiger partial charge >= 0.3 is 0 Å². The van der Waals surface area contributed by atoms with E-state index in [2.05, 4.69) is 15.2 Å². The monoisotopic (exact) mass is 334 g/mol. The first-order valence-electron chi connectivity index (χ1n) is 6.75. The molecule has 0 spiro atoms. The van der Waals surface area contributed by atoms with E-state index in [4.69, 9.17) is 9.47 Å². The molecule has 1 unspecified atom stereocenters. The van der Waals surface area contributed by atoms with Crippen molar-refractivity contribution in [2.24, 2.45) is 0 Å². The normalized spacial score (nSPS) is 17.7. The van der Waals surface area contributed by atoms with Gasteiger partial charge in [0.05, 0.1) is 19.9 Å². The highest BCUT2D eigenvalue weighted by Crippen LogP contribution is 2.36. The lowest BCUT2D eigenvalue weighted by atomic mass is 10.2. The molecule has 0 saturated carbocycles. The van der Waals surface area contributed by atoms with Crippen molar-refractivity contribution < 1.29 is 19.1 Å². The first-order chi connectivity index (χ1) is 11.1. The van der Waals surface area contributed by atoms with E-state index in [1.165, 1.54) is 32.3 Å². The number of anilines is 1. The van der Waals surface area contributed by atoms with Crippen molar-refractivity contribution in [3.63, 3.8) is 0 Å². The van der Waals surface area contributed by atoms with Gasteiger partial charge in [0.1, 0.15) is 11.6 Å². The van der Waals surface area contributed by atoms with Gasteiger partial charge in [-0.15, -0.1) is 0 Å². The Kier molecular flexibility index (Phi) is 4.20. The molecule has 2 aromatic rings. The number of rotatable bonds is 5. The minimum absolute atomic E-state index is 0.110. The lowest BCUT2D eigenvalue weighted by Crippen LogP contribution is -2.31. The Morgan fingerprint density at radius 2 is 2.04 bits per heavy atom. The van der Waals surface area contributed by atoms with Gasteiger partial charge in [0.2, 0.25) is 11.8 Å². The molecule has 0 radical (unpaired) electrons. The molecule has 3 rings (SSSR count). The highest BCUT2D eigenvalue weighted by atomic mass is 32.2. The Labute approximate surface area is 136 Å². The predicted molar refractivity (Wildman–Crippen MR) is 82.7 cm³/mol. The Balaban J connectivity index is 1.85. The second-order valence-corrected chi connectivity index (χ2v) is 5.90. The quantitative estimate of drug-likeness (QED) is 0.822. The zero-order valence-electron chi connectivity index (χ0n) is 12.5. The lowest BCUT2D eigenvalue weighted by Gasteiger charge is -2.16. The second-order valence-electron chi connectivity index (χ2n) is 4.71. The number of carbonyl (C=O) groups is 2. The van der Waals surface area contributed by atoms with Crippen LogP contribution in [0.5, 0.6) is 11.5 Å². The molecule has 120 valence electrons. The number of nitrogens with one attached hydrogen (secondary N) is 1. The Morgan fingerprint density at radius 3 is 2.70 bits per heavy atom. The molecule has 9 heteroatoms. The van der Waals surface area contributed by atoms with E-state index in [9.17, 15) is 9.59 Å². The van der Waals surface area contributed by atoms with E-state index in [1.807, 2.05) is 0 Å². The largest absolute Gasteiger partial charge is 0.493 e. The molecule has 2 heterocycles. The molecular formula is C14H14N4O4S. The molecule has 1 atom stereocenters. The fourth-order valence-electron chi connectivity index (χ4n) is 2.32. The average Bonchev–Trinajstić information content (AvgIpc) is 3.16. The molecule has 0 aliphatic carbocycles. The summed E-state index contributed by atoms with van der Waals surface area (Å²) in [5.74, 6) is 0.433. The number of ether oxygens (including phenoxy) is 2. The van der Waals surface area contributed by atoms with E-state index in [0.29, 0.717) is 22.3 Å². The van der Waals surface area contributed by atoms with Gasteiger partial charge in [-0.1, -0.05) is 11.8 Å². The van der Waals surface area contributed by atoms with Crippen molar-refractivity contribution in [1.82, 2.24) is 15.2 Å². The minimum atomic E-state index is -0.524. The first-order valence-corrected chi connectivity index (χ1v) is 7.63. The fraction of sp³-hybridized carbons (Fsp3) is 0.286. The number of nitrogens with zero attached hydrogens (tertiary/aromatic N) is 3. The van der Waals surface area contributed by atoms with Gasteiger partial charge in [0.25, 0.3) is 0 Å². The molecule has 8 nitrogen and oxygen atoms in total. The summed E-state index contributed by atoms with van der Waals surface area (Å²) < 4.78 is 10.4. The summed E-state index contributed by atoms with van der Waals surface area (Å²) in [5.41, 5.74) is 0.457. The summed E-state index contributed by atoms with van der Waals surface area (Å²) in [6.45, 7) is 0. The summed E-state index contributed by atoms with van der Waals surface area (Å²) in [7, 11) is 3.02. The Morgan fingerprint density at radius 1 is 1.26 bits per heavy atom. The summed E-state index contributed by atoms with van der Waals surface area (Å²) in [6.07, 6.45) is 1.47. The smallest absolute Gasteiger partial charge is 0.247 e. The Hall–Kier alpha value is -2.55. The van der Waals surface area contributed by atoms with Crippen LogP contribution >= 0.6 is 11.8 Å². The molecular weight excluding hydrogens is 320 g/mol. The summed E-state index contributed by atoms with van der Waals surface area (Å²) in [6, 6.07) is 4.92. The average molecular weight is 334 g/mol. The summed E-state index contributed by atoms with van der Waals surface area (Å²) in [4.78, 5) is 29.9. The maximum absolute atomic E-state index is 12.5. The van der Waals surface area contributed by atoms with E-state index < -0.39 is 5.25 Å². The van der Waals surface area contributed by atoms with Gasteiger partial charge in [0.15, 0.2) is 16.7 Å². The fourth-order valence-corrected chi connectivity index (χ4v) is 3.23. The van der Waals surface area contributed by atoms with Crippen LogP contribution in [0.3, 0.4) is 0 Å². The van der Waals surface area contributed by atoms with Crippen LogP contribution in [0.15, 0.2) is 29.7 Å². The molecule has 1 aliphatic heterocycles. The summed E-state index contributed by atoms with van der Waals surface area (Å²) >= 11 is 1.19. The molecule has 1 aromatic heterocycles. The number of aromatic nitrogens is 3. The number of hydrogen-bond donors (Lipinski definition) is 1. The van der Waals surface area contributed by atoms with E-state index in [-0.39, 0.29) is 18.2 Å². The molecule has 1 fully saturated rings. The maximum Gasteiger partial charge on any atom is 0.247 e. The van der Waals surface area contributed by atoms with Crippen LogP contribution in [0.4, 0.5) is 5.69 Å². The lowest BCUT2D eigenvalue weighted by molar-refractivity contribution is -0.121. The van der Waals surface area contributed by atoms with Crippen LogP contribution in [-0.4, -0.2) is 46.5 Å². The highest BCUT2D eigenvalue weighted by Gasteiger charge is 2.40. The highest BCUT2D eigenvalue weighted by molar-refractivity contribution is 8.00. The van der Waals surface area contributed by atoms with Gasteiger partial charge in [-0.3, -0.25) is 14.7 Å². The van der Waals surface area contributed by atoms with Crippen molar-refractivity contribution in [2.75, 3.05) is 19.1 Å². The van der Waals surface area contributed by atoms with Gasteiger partial charge in [-0.25, -0.2) is 9.88 Å². The van der Waals surface area contributed by atoms with Crippen LogP contribution in [0.2, 0.25) is 0 Å². The third kappa shape index (κ3) is 2.87. The van der Waals surface area contributed by atoms with Gasteiger partial charge in [-0.2, -0.15) is 5.10 Å². The standard InChI is InChI=1S/C14H14N4O4S/c1-21-9-4-3-8(5-10(9)22-2)18-12(19)6-11(13(18)20)23-14-15-7-16-17-14/h3-5,7,11H,6H2,1-2H3,(H,15,16,17). The van der Waals surface area contributed by atoms with Crippen molar-refractivity contribution in [1.29, 1.82) is 0 Å². The Bertz CT molecular complexity index is 734. The van der Waals surface area contributed by atoms with Gasteiger partial charge < -0.3 is 9.47 Å². The van der Waals surface area contributed by atoms with Crippen LogP contribution in [0.1, 0.15) is 6.42 Å². The third-order valence-corrected chi connectivity index (χ3v) is 4.45. The first kappa shape index (κ1) is 15.3. The van der Waals surface area contributed by atoms with Crippen molar-refractivity contribution in [3.8, 4) is 11.5 Å². The number of carbonyl (C=O) groups excluding carboxylic acids is 2. The number of aromatic amines is 1. The maximum atomic E-state index is 12.5. The zero-order valence-corrected chi connectivity index (χ0v) is 13.3. The van der Waals surface area contributed by atoms with Gasteiger partial charge in [-0.05, 0) is 12.1 Å². The SMILES string of the molecule is COc1ccc(N2C(=O)CC(Sc3ncn[nH]3)C2=O)cc1OC. The molecule has 1 aliphatic rings. The van der Waals surface area contributed by atoms with Crippen LogP contribution in [0.25, 0.3) is 0 Å². The number of hydrogen-bond acceptors (Lipinski definition) is 7. The van der Waals surface area contributed by atoms with Gasteiger partial charge in [0, 0.05) is 12.5 Å². The van der Waals surface area contributed by atoms with Crippen LogP contribution in [0, 0.1) is 0 Å². The molecule has 2 amide bonds. The van der Waals surface area contributed by atoms with Crippen molar-refractivity contribution in [2.45, 2.75) is 16.8 Å². The molecule has 0 bridgehead atoms. The second kappa shape index (κ2) is 6.29. The van der Waals surface area contributed by atoms with Crippen molar-refractivity contribution in [3.05, 3.63) is 24.5 Å². The van der Waals surface area contributed by atoms with E-state index >= 15 is 0 Å². The zero-order chi connectivity index (χ0) is 16.4. The number of amides is 2. The van der Waals surface area contributed by atoms with Crippen LogP contribution in [-0.2, 0) is 9.59 Å². The topological polar surface area (TPSA) is 97.4 Å². The third-order valence-electron chi connectivity index (χ3n) is 3.38. The molecule has 1 N–H and O–H groups in total. The van der Waals surface area contributed by atoms with Crippen LogP contribution < -0.4 is 14.4 Å². The molecule has 1 aromatic carbocycles.